The molecule has 0 fully saturated rings. The molecule has 0 aliphatic heterocycles. The number of aromatic nitrogens is 3. The lowest BCUT2D eigenvalue weighted by atomic mass is 10.0. The molecule has 1 amide bonds. The van der Waals surface area contributed by atoms with Gasteiger partial charge in [0.1, 0.15) is 6.04 Å². The van der Waals surface area contributed by atoms with E-state index in [2.05, 4.69) is 11.4 Å². The van der Waals surface area contributed by atoms with Crippen molar-refractivity contribution < 1.29 is 14.7 Å². The fourth-order valence-corrected chi connectivity index (χ4v) is 4.00. The summed E-state index contributed by atoms with van der Waals surface area (Å²) in [5, 5.41) is 22.0. The molecular formula is C24H18ClN5O5. The molecule has 0 aliphatic carbocycles. The minimum absolute atomic E-state index is 0.117. The molecule has 11 heteroatoms. The highest BCUT2D eigenvalue weighted by Crippen LogP contribution is 2.26. The van der Waals surface area contributed by atoms with Crippen molar-refractivity contribution >= 4 is 40.2 Å². The Morgan fingerprint density at radius 1 is 1.11 bits per heavy atom. The van der Waals surface area contributed by atoms with Crippen LogP contribution in [0.2, 0.25) is 5.02 Å². The van der Waals surface area contributed by atoms with Gasteiger partial charge in [-0.3, -0.25) is 14.4 Å². The first-order chi connectivity index (χ1) is 16.6. The number of hydrogen-bond donors (Lipinski definition) is 2. The van der Waals surface area contributed by atoms with Crippen LogP contribution in [0.3, 0.4) is 0 Å². The van der Waals surface area contributed by atoms with Crippen LogP contribution < -0.4 is 16.4 Å². The molecule has 2 aromatic carbocycles. The van der Waals surface area contributed by atoms with E-state index in [0.29, 0.717) is 21.7 Å². The normalized spacial score (nSPS) is 11.7. The molecule has 0 saturated heterocycles. The number of nitrogens with one attached hydrogen (secondary N) is 1. The molecule has 1 unspecified atom stereocenters. The highest BCUT2D eigenvalue weighted by Gasteiger charge is 2.20. The van der Waals surface area contributed by atoms with Crippen LogP contribution in [-0.4, -0.2) is 31.0 Å². The summed E-state index contributed by atoms with van der Waals surface area (Å²) in [6.07, 6.45) is 0.106. The van der Waals surface area contributed by atoms with Gasteiger partial charge in [-0.2, -0.15) is 9.94 Å². The van der Waals surface area contributed by atoms with E-state index in [1.165, 1.54) is 49.0 Å². The molecule has 0 bridgehead atoms. The van der Waals surface area contributed by atoms with Crippen molar-refractivity contribution in [3.63, 3.8) is 0 Å². The van der Waals surface area contributed by atoms with Crippen molar-refractivity contribution in [3.05, 3.63) is 86.0 Å². The molecular weight excluding hydrogens is 474 g/mol. The molecule has 4 rings (SSSR count). The minimum atomic E-state index is -1.35. The number of anilines is 1. The summed E-state index contributed by atoms with van der Waals surface area (Å²) >= 11 is 6.04. The summed E-state index contributed by atoms with van der Waals surface area (Å²) in [5.74, 6) is -0.528. The molecule has 0 aliphatic rings. The van der Waals surface area contributed by atoms with Crippen LogP contribution in [0.1, 0.15) is 18.5 Å². The molecule has 4 aromatic rings. The van der Waals surface area contributed by atoms with Gasteiger partial charge in [-0.1, -0.05) is 11.6 Å². The van der Waals surface area contributed by atoms with E-state index in [0.717, 1.165) is 9.36 Å². The summed E-state index contributed by atoms with van der Waals surface area (Å²) in [7, 11) is 1.33. The lowest BCUT2D eigenvalue weighted by molar-refractivity contribution is -0.118. The zero-order valence-corrected chi connectivity index (χ0v) is 19.3. The van der Waals surface area contributed by atoms with Gasteiger partial charge in [0.2, 0.25) is 5.91 Å². The molecule has 176 valence electrons. The van der Waals surface area contributed by atoms with E-state index in [-0.39, 0.29) is 16.6 Å². The lowest BCUT2D eigenvalue weighted by Gasteiger charge is -2.16. The topological polar surface area (TPSA) is 139 Å². The average Bonchev–Trinajstić information content (AvgIpc) is 3.07. The molecule has 2 heterocycles. The number of amides is 1. The van der Waals surface area contributed by atoms with E-state index >= 15 is 0 Å². The average molecular weight is 492 g/mol. The zero-order chi connectivity index (χ0) is 25.4. The van der Waals surface area contributed by atoms with Crippen molar-refractivity contribution in [2.45, 2.75) is 13.0 Å². The molecule has 10 nitrogen and oxygen atoms in total. The third-order valence-electron chi connectivity index (χ3n) is 5.66. The number of hydrogen-bond acceptors (Lipinski definition) is 5. The van der Waals surface area contributed by atoms with Gasteiger partial charge in [0.25, 0.3) is 11.1 Å². The van der Waals surface area contributed by atoms with Crippen LogP contribution in [-0.2, 0) is 11.8 Å². The van der Waals surface area contributed by atoms with Crippen LogP contribution >= 0.6 is 11.6 Å². The first-order valence-electron chi connectivity index (χ1n) is 10.3. The second kappa shape index (κ2) is 8.96. The Labute approximate surface area is 202 Å². The van der Waals surface area contributed by atoms with Gasteiger partial charge in [-0.15, -0.1) is 0 Å². The largest absolute Gasteiger partial charge is 0.463 e. The number of benzene rings is 2. The van der Waals surface area contributed by atoms with Gasteiger partial charge in [0.05, 0.1) is 22.5 Å². The summed E-state index contributed by atoms with van der Waals surface area (Å²) in [4.78, 5) is 49.5. The first-order valence-corrected chi connectivity index (χ1v) is 10.7. The summed E-state index contributed by atoms with van der Waals surface area (Å²) in [6.45, 7) is 1.53. The number of carbonyl (C=O) groups excluding carboxylic acids is 1. The third-order valence-corrected chi connectivity index (χ3v) is 5.89. The Hall–Kier alpha value is -4.62. The molecule has 0 radical (unpaired) electrons. The number of carboxylic acid groups (broad SMARTS) is 1. The van der Waals surface area contributed by atoms with Gasteiger partial charge in [-0.25, -0.2) is 9.48 Å². The van der Waals surface area contributed by atoms with Crippen LogP contribution in [0.25, 0.3) is 22.0 Å². The quantitative estimate of drug-likeness (QED) is 0.448. The van der Waals surface area contributed by atoms with Crippen LogP contribution in [0.5, 0.6) is 0 Å². The second-order valence-electron chi connectivity index (χ2n) is 7.78. The van der Waals surface area contributed by atoms with Crippen molar-refractivity contribution in [3.8, 4) is 17.2 Å². The van der Waals surface area contributed by atoms with E-state index in [1.54, 1.807) is 24.3 Å². The third kappa shape index (κ3) is 4.20. The Bertz CT molecular complexity index is 1670. The minimum Gasteiger partial charge on any atom is -0.463 e. The number of halogens is 1. The van der Waals surface area contributed by atoms with E-state index in [1.807, 2.05) is 0 Å². The Kier molecular flexibility index (Phi) is 6.03. The number of fused-ring (bicyclic) bond motifs is 1. The molecule has 2 aromatic heterocycles. The summed E-state index contributed by atoms with van der Waals surface area (Å²) in [5.41, 5.74) is 0.769. The van der Waals surface area contributed by atoms with Crippen LogP contribution in [0.4, 0.5) is 10.5 Å². The standard InChI is InChI=1S/C24H18ClN5O5/c1-13(29-8-7-14(9-21(29)31)19-10-16(25)4-3-15(19)12-26)22(32)27-17-5-6-18-20(11-17)30(24(34)35)28(2)23(18)33/h3-11,13H,1-2H3,(H,27,32)(H,34,35). The van der Waals surface area contributed by atoms with E-state index in [9.17, 15) is 29.5 Å². The predicted molar refractivity (Wildman–Crippen MR) is 130 cm³/mol. The van der Waals surface area contributed by atoms with Gasteiger partial charge in [0.15, 0.2) is 0 Å². The maximum Gasteiger partial charge on any atom is 0.431 e. The molecule has 2 N–H and O–H groups in total. The Morgan fingerprint density at radius 2 is 1.86 bits per heavy atom. The van der Waals surface area contributed by atoms with Crippen molar-refractivity contribution in [1.82, 2.24) is 13.9 Å². The van der Waals surface area contributed by atoms with Gasteiger partial charge < -0.3 is 15.0 Å². The molecule has 1 atom stereocenters. The zero-order valence-electron chi connectivity index (χ0n) is 18.5. The smallest absolute Gasteiger partial charge is 0.431 e. The number of carbonyl (C=O) groups is 2. The van der Waals surface area contributed by atoms with E-state index < -0.39 is 29.2 Å². The van der Waals surface area contributed by atoms with Gasteiger partial charge in [0, 0.05) is 35.6 Å². The van der Waals surface area contributed by atoms with Gasteiger partial charge >= 0.3 is 6.09 Å². The van der Waals surface area contributed by atoms with Crippen molar-refractivity contribution in [2.24, 2.45) is 7.05 Å². The van der Waals surface area contributed by atoms with E-state index in [4.69, 9.17) is 11.6 Å². The lowest BCUT2D eigenvalue weighted by Crippen LogP contribution is -2.31. The summed E-state index contributed by atoms with van der Waals surface area (Å²) in [6, 6.07) is 13.1. The maximum atomic E-state index is 12.9. The fourth-order valence-electron chi connectivity index (χ4n) is 3.83. The monoisotopic (exact) mass is 491 g/mol. The second-order valence-corrected chi connectivity index (χ2v) is 8.22. The first kappa shape index (κ1) is 23.5. The molecule has 35 heavy (non-hydrogen) atoms. The highest BCUT2D eigenvalue weighted by atomic mass is 35.5. The fraction of sp³-hybridized carbons (Fsp3) is 0.125. The van der Waals surface area contributed by atoms with Crippen LogP contribution in [0.15, 0.2) is 64.3 Å². The number of nitrogens with zero attached hydrogens (tertiary/aromatic N) is 4. The maximum absolute atomic E-state index is 12.9. The number of nitriles is 1. The SMILES string of the molecule is CC(C(=O)Nc1ccc2c(=O)n(C)n(C(=O)O)c2c1)n1ccc(-c2cc(Cl)ccc2C#N)cc1=O. The Balaban J connectivity index is 1.63. The Morgan fingerprint density at radius 3 is 2.51 bits per heavy atom. The highest BCUT2D eigenvalue weighted by molar-refractivity contribution is 6.30. The molecule has 0 spiro atoms. The predicted octanol–water partition coefficient (Wildman–Crippen LogP) is 3.42. The number of pyridine rings is 1. The van der Waals surface area contributed by atoms with Gasteiger partial charge in [-0.05, 0) is 55.0 Å². The van der Waals surface area contributed by atoms with Crippen LogP contribution in [0, 0.1) is 11.3 Å². The number of rotatable bonds is 4. The molecule has 0 saturated carbocycles. The van der Waals surface area contributed by atoms with Crippen molar-refractivity contribution in [1.29, 1.82) is 5.26 Å². The summed E-state index contributed by atoms with van der Waals surface area (Å²) < 4.78 is 2.97. The van der Waals surface area contributed by atoms with Crippen molar-refractivity contribution in [2.75, 3.05) is 5.32 Å².